The van der Waals surface area contributed by atoms with E-state index in [-0.39, 0.29) is 37.5 Å². The van der Waals surface area contributed by atoms with Crippen molar-refractivity contribution in [1.29, 1.82) is 0 Å². The third-order valence-corrected chi connectivity index (χ3v) is 8.36. The molecule has 0 spiro atoms. The van der Waals surface area contributed by atoms with Crippen LogP contribution in [0.25, 0.3) is 21.9 Å². The van der Waals surface area contributed by atoms with E-state index in [2.05, 4.69) is 10.6 Å². The molecule has 10 heteroatoms. The summed E-state index contributed by atoms with van der Waals surface area (Å²) in [4.78, 5) is 49.2. The van der Waals surface area contributed by atoms with E-state index in [4.69, 9.17) is 8.83 Å². The Bertz CT molecular complexity index is 1660. The quantitative estimate of drug-likeness (QED) is 0.205. The molecule has 0 saturated heterocycles. The van der Waals surface area contributed by atoms with E-state index >= 15 is 0 Å². The zero-order valence-electron chi connectivity index (χ0n) is 23.6. The zero-order valence-corrected chi connectivity index (χ0v) is 24.4. The van der Waals surface area contributed by atoms with Gasteiger partial charge in [0, 0.05) is 52.8 Å². The van der Waals surface area contributed by atoms with Gasteiger partial charge in [0.2, 0.25) is 11.8 Å². The molecule has 216 valence electrons. The molecule has 9 nitrogen and oxygen atoms in total. The monoisotopic (exact) mass is 578 g/mol. The number of hydrogen-bond acceptors (Lipinski definition) is 7. The molecule has 2 aromatic carbocycles. The van der Waals surface area contributed by atoms with E-state index in [9.17, 15) is 24.3 Å². The molecule has 0 unspecified atom stereocenters. The minimum absolute atomic E-state index is 0.0394. The molecule has 0 aliphatic rings. The van der Waals surface area contributed by atoms with Crippen LogP contribution in [0.4, 0.5) is 0 Å². The van der Waals surface area contributed by atoms with Gasteiger partial charge in [0.1, 0.15) is 23.0 Å². The number of amides is 2. The van der Waals surface area contributed by atoms with E-state index in [0.717, 1.165) is 38.8 Å². The summed E-state index contributed by atoms with van der Waals surface area (Å²) in [6.45, 7) is 7.64. The van der Waals surface area contributed by atoms with E-state index < -0.39 is 23.5 Å². The number of fused-ring (bicyclic) bond motifs is 2. The van der Waals surface area contributed by atoms with Gasteiger partial charge >= 0.3 is 11.6 Å². The Hall–Kier alpha value is -4.05. The average Bonchev–Trinajstić information content (AvgIpc) is 3.22. The Morgan fingerprint density at radius 2 is 1.59 bits per heavy atom. The van der Waals surface area contributed by atoms with Crippen LogP contribution in [0.3, 0.4) is 0 Å². The molecule has 0 bridgehead atoms. The zero-order chi connectivity index (χ0) is 29.7. The molecule has 1 atom stereocenters. The highest BCUT2D eigenvalue weighted by Crippen LogP contribution is 2.34. The predicted molar refractivity (Wildman–Crippen MR) is 159 cm³/mol. The lowest BCUT2D eigenvalue weighted by Gasteiger charge is -2.14. The van der Waals surface area contributed by atoms with Crippen molar-refractivity contribution in [3.63, 3.8) is 0 Å². The molecule has 0 saturated carbocycles. The van der Waals surface area contributed by atoms with Crippen LogP contribution in [0, 0.1) is 27.7 Å². The SMILES string of the molecule is Cc1oc2c(C)c3oc(=O)c(CCC(=O)NCCC(=O)N[C@@H](CSCc4ccccc4)C(=O)O)c(C)c3cc2c1C. The third kappa shape index (κ3) is 7.00. The molecule has 4 rings (SSSR count). The lowest BCUT2D eigenvalue weighted by atomic mass is 9.98. The molecular formula is C31H34N2O7S. The summed E-state index contributed by atoms with van der Waals surface area (Å²) in [6.07, 6.45) is 0.161. The molecular weight excluding hydrogens is 544 g/mol. The van der Waals surface area contributed by atoms with Crippen LogP contribution < -0.4 is 16.3 Å². The van der Waals surface area contributed by atoms with Gasteiger partial charge in [-0.05, 0) is 56.9 Å². The first kappa shape index (κ1) is 29.9. The number of carbonyl (C=O) groups excluding carboxylic acids is 2. The largest absolute Gasteiger partial charge is 0.480 e. The number of benzene rings is 2. The molecule has 3 N–H and O–H groups in total. The van der Waals surface area contributed by atoms with Crippen molar-refractivity contribution in [3.8, 4) is 0 Å². The van der Waals surface area contributed by atoms with Crippen LogP contribution in [-0.4, -0.2) is 41.2 Å². The summed E-state index contributed by atoms with van der Waals surface area (Å²) >= 11 is 1.42. The van der Waals surface area contributed by atoms with Gasteiger partial charge in [-0.15, -0.1) is 0 Å². The highest BCUT2D eigenvalue weighted by molar-refractivity contribution is 7.98. The molecule has 2 heterocycles. The topological polar surface area (TPSA) is 139 Å². The number of carboxylic acid groups (broad SMARTS) is 1. The summed E-state index contributed by atoms with van der Waals surface area (Å²) in [5.41, 5.74) is 4.74. The average molecular weight is 579 g/mol. The second kappa shape index (κ2) is 13.1. The Labute approximate surface area is 241 Å². The number of aryl methyl sites for hydroxylation is 4. The van der Waals surface area contributed by atoms with Crippen LogP contribution in [0.5, 0.6) is 0 Å². The fourth-order valence-corrected chi connectivity index (χ4v) is 5.74. The van der Waals surface area contributed by atoms with Crippen molar-refractivity contribution in [2.75, 3.05) is 12.3 Å². The summed E-state index contributed by atoms with van der Waals surface area (Å²) in [7, 11) is 0. The number of carbonyl (C=O) groups is 3. The predicted octanol–water partition coefficient (Wildman–Crippen LogP) is 4.71. The maximum Gasteiger partial charge on any atom is 0.339 e. The van der Waals surface area contributed by atoms with Gasteiger partial charge in [0.05, 0.1) is 0 Å². The first-order chi connectivity index (χ1) is 19.6. The van der Waals surface area contributed by atoms with Gasteiger partial charge in [-0.1, -0.05) is 30.3 Å². The molecule has 0 aliphatic carbocycles. The van der Waals surface area contributed by atoms with E-state index in [0.29, 0.717) is 22.5 Å². The number of hydrogen-bond donors (Lipinski definition) is 3. The molecule has 0 fully saturated rings. The molecule has 2 aromatic heterocycles. The molecule has 4 aromatic rings. The van der Waals surface area contributed by atoms with Gasteiger partial charge in [-0.3, -0.25) is 9.59 Å². The molecule has 0 aliphatic heterocycles. The smallest absolute Gasteiger partial charge is 0.339 e. The Morgan fingerprint density at radius 1 is 0.902 bits per heavy atom. The first-order valence-electron chi connectivity index (χ1n) is 13.4. The lowest BCUT2D eigenvalue weighted by molar-refractivity contribution is -0.141. The number of nitrogens with one attached hydrogen (secondary N) is 2. The minimum atomic E-state index is -1.11. The number of aliphatic carboxylic acids is 1. The Balaban J connectivity index is 1.29. The maximum absolute atomic E-state index is 12.8. The number of furan rings is 1. The van der Waals surface area contributed by atoms with Crippen molar-refractivity contribution in [2.24, 2.45) is 0 Å². The number of thioether (sulfide) groups is 1. The van der Waals surface area contributed by atoms with Crippen molar-refractivity contribution >= 4 is 51.5 Å². The van der Waals surface area contributed by atoms with E-state index in [1.54, 1.807) is 0 Å². The number of carboxylic acids is 1. The van der Waals surface area contributed by atoms with Crippen LogP contribution in [-0.2, 0) is 26.6 Å². The first-order valence-corrected chi connectivity index (χ1v) is 14.6. The van der Waals surface area contributed by atoms with Gasteiger partial charge in [-0.2, -0.15) is 11.8 Å². The standard InChI is InChI=1S/C31H34N2O7S/c1-17-20(4)39-28-19(3)29-24(14-23(17)28)18(2)22(31(38)40-29)10-11-26(34)32-13-12-27(35)33-25(30(36)37)16-41-15-21-8-6-5-7-9-21/h5-9,14,25H,10-13,15-16H2,1-4H3,(H,32,34)(H,33,35)(H,36,37)/t25-/m0/s1. The Morgan fingerprint density at radius 3 is 2.29 bits per heavy atom. The van der Waals surface area contributed by atoms with Crippen molar-refractivity contribution in [2.45, 2.75) is 58.8 Å². The normalized spacial score (nSPS) is 12.0. The minimum Gasteiger partial charge on any atom is -0.480 e. The van der Waals surface area contributed by atoms with Crippen molar-refractivity contribution in [3.05, 3.63) is 80.4 Å². The fourth-order valence-electron chi connectivity index (χ4n) is 4.73. The van der Waals surface area contributed by atoms with E-state index in [1.807, 2.05) is 64.1 Å². The Kier molecular flexibility index (Phi) is 9.54. The second-order valence-corrected chi connectivity index (χ2v) is 11.1. The summed E-state index contributed by atoms with van der Waals surface area (Å²) in [5, 5.41) is 16.4. The lowest BCUT2D eigenvalue weighted by Crippen LogP contribution is -2.43. The summed E-state index contributed by atoms with van der Waals surface area (Å²) < 4.78 is 11.5. The van der Waals surface area contributed by atoms with Crippen LogP contribution >= 0.6 is 11.8 Å². The summed E-state index contributed by atoms with van der Waals surface area (Å²) in [6, 6.07) is 10.6. The third-order valence-electron chi connectivity index (χ3n) is 7.25. The van der Waals surface area contributed by atoms with Gasteiger partial charge in [0.15, 0.2) is 0 Å². The fraction of sp³-hybridized carbons (Fsp3) is 0.355. The van der Waals surface area contributed by atoms with Crippen LogP contribution in [0.1, 0.15) is 46.4 Å². The van der Waals surface area contributed by atoms with Gasteiger partial charge < -0.3 is 24.6 Å². The highest BCUT2D eigenvalue weighted by atomic mass is 32.2. The van der Waals surface area contributed by atoms with Crippen molar-refractivity contribution in [1.82, 2.24) is 10.6 Å². The van der Waals surface area contributed by atoms with E-state index in [1.165, 1.54) is 11.8 Å². The highest BCUT2D eigenvalue weighted by Gasteiger charge is 2.21. The van der Waals surface area contributed by atoms with Crippen LogP contribution in [0.2, 0.25) is 0 Å². The maximum atomic E-state index is 12.8. The second-order valence-electron chi connectivity index (χ2n) is 10.1. The summed E-state index contributed by atoms with van der Waals surface area (Å²) in [5.74, 6) is -0.224. The molecule has 0 radical (unpaired) electrons. The number of rotatable bonds is 12. The molecule has 41 heavy (non-hydrogen) atoms. The molecule has 2 amide bonds. The van der Waals surface area contributed by atoms with Gasteiger partial charge in [0.25, 0.3) is 0 Å². The van der Waals surface area contributed by atoms with Gasteiger partial charge in [-0.25, -0.2) is 9.59 Å². The van der Waals surface area contributed by atoms with Crippen molar-refractivity contribution < 1.29 is 28.3 Å². The van der Waals surface area contributed by atoms with Crippen LogP contribution in [0.15, 0.2) is 50.0 Å².